The first-order chi connectivity index (χ1) is 9.46. The zero-order valence-electron chi connectivity index (χ0n) is 10.1. The van der Waals surface area contributed by atoms with Crippen molar-refractivity contribution in [1.82, 2.24) is 9.97 Å². The van der Waals surface area contributed by atoms with E-state index in [0.29, 0.717) is 5.69 Å². The first-order valence-corrected chi connectivity index (χ1v) is 5.52. The molecule has 0 unspecified atom stereocenters. The molecule has 0 saturated heterocycles. The van der Waals surface area contributed by atoms with E-state index in [2.05, 4.69) is 14.7 Å². The van der Waals surface area contributed by atoms with E-state index in [1.807, 2.05) is 0 Å². The molecule has 2 N–H and O–H groups in total. The Morgan fingerprint density at radius 2 is 1.70 bits per heavy atom. The molecule has 0 fully saturated rings. The first kappa shape index (κ1) is 14.1. The highest BCUT2D eigenvalue weighted by Crippen LogP contribution is 2.26. The van der Waals surface area contributed by atoms with Crippen LogP contribution in [0.2, 0.25) is 0 Å². The van der Waals surface area contributed by atoms with Gasteiger partial charge >= 0.3 is 12.4 Å². The van der Waals surface area contributed by atoms with Gasteiger partial charge in [-0.2, -0.15) is 4.98 Å². The highest BCUT2D eigenvalue weighted by molar-refractivity contribution is 5.32. The number of alkyl halides is 3. The van der Waals surface area contributed by atoms with Gasteiger partial charge in [0.2, 0.25) is 0 Å². The van der Waals surface area contributed by atoms with E-state index < -0.39 is 6.36 Å². The van der Waals surface area contributed by atoms with E-state index in [0.717, 1.165) is 12.1 Å². The van der Waals surface area contributed by atoms with Gasteiger partial charge in [0.15, 0.2) is 0 Å². The van der Waals surface area contributed by atoms with Crippen molar-refractivity contribution in [2.75, 3.05) is 0 Å². The predicted octanol–water partition coefficient (Wildman–Crippen LogP) is 2.63. The number of nitrogens with two attached hydrogens (primary N) is 1. The largest absolute Gasteiger partial charge is 0.573 e. The quantitative estimate of drug-likeness (QED) is 0.935. The summed E-state index contributed by atoms with van der Waals surface area (Å²) in [6.07, 6.45) is -3.24. The summed E-state index contributed by atoms with van der Waals surface area (Å²) in [5, 5.41) is 0. The Labute approximate surface area is 112 Å². The first-order valence-electron chi connectivity index (χ1n) is 5.52. The smallest absolute Gasteiger partial charge is 0.424 e. The molecule has 1 aromatic heterocycles. The topological polar surface area (TPSA) is 70.3 Å². The highest BCUT2D eigenvalue weighted by Gasteiger charge is 2.30. The fourth-order valence-corrected chi connectivity index (χ4v) is 1.35. The molecule has 0 aliphatic heterocycles. The summed E-state index contributed by atoms with van der Waals surface area (Å²) in [5.74, 6) is -0.0461. The van der Waals surface area contributed by atoms with E-state index in [9.17, 15) is 13.2 Å². The van der Waals surface area contributed by atoms with Crippen LogP contribution in [0.15, 0.2) is 36.5 Å². The molecule has 0 bridgehead atoms. The Morgan fingerprint density at radius 1 is 1.05 bits per heavy atom. The fraction of sp³-hybridized carbons (Fsp3) is 0.167. The molecular formula is C12H10F3N3O2. The van der Waals surface area contributed by atoms with Gasteiger partial charge in [-0.15, -0.1) is 13.2 Å². The molecule has 0 amide bonds. The molecule has 2 rings (SSSR count). The average molecular weight is 285 g/mol. The third-order valence-corrected chi connectivity index (χ3v) is 2.17. The van der Waals surface area contributed by atoms with Crippen LogP contribution in [-0.2, 0) is 6.54 Å². The number of halogens is 3. The number of rotatable bonds is 4. The van der Waals surface area contributed by atoms with Gasteiger partial charge < -0.3 is 15.2 Å². The van der Waals surface area contributed by atoms with Crippen LogP contribution >= 0.6 is 0 Å². The molecule has 106 valence electrons. The van der Waals surface area contributed by atoms with E-state index in [-0.39, 0.29) is 24.1 Å². The maximum atomic E-state index is 12.0. The maximum Gasteiger partial charge on any atom is 0.573 e. The molecule has 0 spiro atoms. The summed E-state index contributed by atoms with van der Waals surface area (Å²) >= 11 is 0. The fourth-order valence-electron chi connectivity index (χ4n) is 1.35. The number of benzene rings is 1. The van der Waals surface area contributed by atoms with E-state index in [1.54, 1.807) is 6.07 Å². The van der Waals surface area contributed by atoms with Crippen LogP contribution in [0, 0.1) is 0 Å². The summed E-state index contributed by atoms with van der Waals surface area (Å²) in [4.78, 5) is 7.86. The molecule has 0 aliphatic carbocycles. The van der Waals surface area contributed by atoms with Gasteiger partial charge in [-0.05, 0) is 30.3 Å². The Bertz CT molecular complexity index is 573. The zero-order valence-corrected chi connectivity index (χ0v) is 10.1. The van der Waals surface area contributed by atoms with Gasteiger partial charge in [-0.1, -0.05) is 0 Å². The second kappa shape index (κ2) is 5.74. The summed E-state index contributed by atoms with van der Waals surface area (Å²) in [6.45, 7) is 0.233. The van der Waals surface area contributed by atoms with Crippen molar-refractivity contribution in [1.29, 1.82) is 0 Å². The highest BCUT2D eigenvalue weighted by atomic mass is 19.4. The van der Waals surface area contributed by atoms with Crippen LogP contribution in [0.5, 0.6) is 17.5 Å². The third-order valence-electron chi connectivity index (χ3n) is 2.17. The Balaban J connectivity index is 2.06. The monoisotopic (exact) mass is 285 g/mol. The molecule has 1 aromatic carbocycles. The van der Waals surface area contributed by atoms with Crippen molar-refractivity contribution in [3.8, 4) is 17.5 Å². The lowest BCUT2D eigenvalue weighted by Crippen LogP contribution is -2.16. The SMILES string of the molecule is NCc1ccnc(Oc2ccc(OC(F)(F)F)cc2)n1. The minimum absolute atomic E-state index is 0.0671. The van der Waals surface area contributed by atoms with Crippen LogP contribution < -0.4 is 15.2 Å². The molecule has 20 heavy (non-hydrogen) atoms. The van der Waals surface area contributed by atoms with E-state index >= 15 is 0 Å². The molecule has 0 atom stereocenters. The maximum absolute atomic E-state index is 12.0. The third kappa shape index (κ3) is 4.09. The zero-order chi connectivity index (χ0) is 14.6. The van der Waals surface area contributed by atoms with Gasteiger partial charge in [0, 0.05) is 12.7 Å². The van der Waals surface area contributed by atoms with Crippen LogP contribution in [0.1, 0.15) is 5.69 Å². The number of aromatic nitrogens is 2. The van der Waals surface area contributed by atoms with Crippen LogP contribution in [-0.4, -0.2) is 16.3 Å². The second-order valence-electron chi connectivity index (χ2n) is 3.66. The van der Waals surface area contributed by atoms with Gasteiger partial charge in [0.1, 0.15) is 11.5 Å². The molecule has 0 radical (unpaired) electrons. The van der Waals surface area contributed by atoms with E-state index in [1.165, 1.54) is 18.3 Å². The molecule has 5 nitrogen and oxygen atoms in total. The molecule has 0 saturated carbocycles. The molecule has 1 heterocycles. The van der Waals surface area contributed by atoms with Gasteiger partial charge in [-0.25, -0.2) is 4.98 Å². The average Bonchev–Trinajstić information content (AvgIpc) is 2.40. The summed E-state index contributed by atoms with van der Waals surface area (Å²) in [5.41, 5.74) is 6.01. The number of nitrogens with zero attached hydrogens (tertiary/aromatic N) is 2. The summed E-state index contributed by atoms with van der Waals surface area (Å²) in [6, 6.07) is 6.61. The van der Waals surface area contributed by atoms with E-state index in [4.69, 9.17) is 10.5 Å². The van der Waals surface area contributed by atoms with Crippen molar-refractivity contribution >= 4 is 0 Å². The Morgan fingerprint density at radius 3 is 2.30 bits per heavy atom. The van der Waals surface area contributed by atoms with Gasteiger partial charge in [-0.3, -0.25) is 0 Å². The molecule has 2 aromatic rings. The van der Waals surface area contributed by atoms with Crippen LogP contribution in [0.4, 0.5) is 13.2 Å². The Kier molecular flexibility index (Phi) is 4.04. The minimum Gasteiger partial charge on any atom is -0.424 e. The number of hydrogen-bond donors (Lipinski definition) is 1. The molecule has 8 heteroatoms. The van der Waals surface area contributed by atoms with Crippen molar-refractivity contribution < 1.29 is 22.6 Å². The van der Waals surface area contributed by atoms with Crippen LogP contribution in [0.25, 0.3) is 0 Å². The molecule has 0 aliphatic rings. The summed E-state index contributed by atoms with van der Waals surface area (Å²) in [7, 11) is 0. The lowest BCUT2D eigenvalue weighted by atomic mass is 10.3. The number of ether oxygens (including phenoxy) is 2. The van der Waals surface area contributed by atoms with Crippen molar-refractivity contribution in [3.63, 3.8) is 0 Å². The minimum atomic E-state index is -4.72. The van der Waals surface area contributed by atoms with Crippen LogP contribution in [0.3, 0.4) is 0 Å². The Hall–Kier alpha value is -2.35. The molecular weight excluding hydrogens is 275 g/mol. The lowest BCUT2D eigenvalue weighted by Gasteiger charge is -2.09. The number of hydrogen-bond acceptors (Lipinski definition) is 5. The van der Waals surface area contributed by atoms with Crippen molar-refractivity contribution in [2.24, 2.45) is 5.73 Å². The van der Waals surface area contributed by atoms with Gasteiger partial charge in [0.05, 0.1) is 5.69 Å². The van der Waals surface area contributed by atoms with Crippen molar-refractivity contribution in [3.05, 3.63) is 42.2 Å². The normalized spacial score (nSPS) is 11.2. The summed E-state index contributed by atoms with van der Waals surface area (Å²) < 4.78 is 45.0. The second-order valence-corrected chi connectivity index (χ2v) is 3.66. The van der Waals surface area contributed by atoms with Crippen molar-refractivity contribution in [2.45, 2.75) is 12.9 Å². The lowest BCUT2D eigenvalue weighted by molar-refractivity contribution is -0.274. The standard InChI is InChI=1S/C12H10F3N3O2/c13-12(14,15)20-10-3-1-9(2-4-10)19-11-17-6-5-8(7-16)18-11/h1-6H,7,16H2. The predicted molar refractivity (Wildman–Crippen MR) is 63.1 cm³/mol. The van der Waals surface area contributed by atoms with Gasteiger partial charge in [0.25, 0.3) is 0 Å².